The molecule has 0 saturated carbocycles. The van der Waals surface area contributed by atoms with Crippen molar-refractivity contribution < 1.29 is 27.5 Å². The maximum Gasteiger partial charge on any atom is 0.244 e. The van der Waals surface area contributed by atoms with Gasteiger partial charge in [-0.2, -0.15) is 0 Å². The first-order chi connectivity index (χ1) is 20.5. The number of amides is 2. The summed E-state index contributed by atoms with van der Waals surface area (Å²) in [6.45, 7) is 1.78. The number of unbranched alkanes of at least 4 members (excludes halogenated alkanes) is 1. The molecule has 0 spiro atoms. The van der Waals surface area contributed by atoms with Crippen LogP contribution >= 0.6 is 23.2 Å². The van der Waals surface area contributed by atoms with Gasteiger partial charge in [0, 0.05) is 35.6 Å². The van der Waals surface area contributed by atoms with Crippen LogP contribution in [0.3, 0.4) is 0 Å². The molecule has 12 heteroatoms. The average molecular weight is 651 g/mol. The minimum atomic E-state index is -3.99. The minimum Gasteiger partial charge on any atom is -0.497 e. The summed E-state index contributed by atoms with van der Waals surface area (Å²) in [4.78, 5) is 29.3. The van der Waals surface area contributed by atoms with Crippen molar-refractivity contribution in [3.8, 4) is 11.5 Å². The van der Waals surface area contributed by atoms with E-state index >= 15 is 0 Å². The fourth-order valence-corrected chi connectivity index (χ4v) is 5.80. The zero-order chi connectivity index (χ0) is 31.6. The smallest absolute Gasteiger partial charge is 0.244 e. The van der Waals surface area contributed by atoms with Crippen LogP contribution in [-0.4, -0.2) is 64.7 Å². The number of nitrogens with one attached hydrogen (secondary N) is 1. The standard InChI is InChI=1S/C31H37Cl2N3O6S/c1-5-6-16-34-31(38)28(17-22-10-8-7-9-11-22)35(20-23-12-13-24(32)18-26(23)33)30(37)21-36(43(4,39)40)27-15-14-25(41-2)19-29(27)42-3/h7-15,18-19,28H,5-6,16-17,20-21H2,1-4H3,(H,34,38). The van der Waals surface area contributed by atoms with Gasteiger partial charge < -0.3 is 19.7 Å². The summed E-state index contributed by atoms with van der Waals surface area (Å²) in [7, 11) is -1.12. The van der Waals surface area contributed by atoms with Crippen LogP contribution in [0.5, 0.6) is 11.5 Å². The van der Waals surface area contributed by atoms with Gasteiger partial charge in [-0.3, -0.25) is 13.9 Å². The van der Waals surface area contributed by atoms with E-state index in [9.17, 15) is 18.0 Å². The van der Waals surface area contributed by atoms with E-state index in [0.717, 1.165) is 29.0 Å². The van der Waals surface area contributed by atoms with Crippen molar-refractivity contribution in [1.82, 2.24) is 10.2 Å². The predicted octanol–water partition coefficient (Wildman–Crippen LogP) is 5.33. The molecule has 1 N–H and O–H groups in total. The molecule has 0 radical (unpaired) electrons. The van der Waals surface area contributed by atoms with Gasteiger partial charge in [0.15, 0.2) is 0 Å². The van der Waals surface area contributed by atoms with Gasteiger partial charge in [-0.1, -0.05) is 72.9 Å². The number of benzene rings is 3. The van der Waals surface area contributed by atoms with Crippen LogP contribution in [0.4, 0.5) is 5.69 Å². The molecule has 3 rings (SSSR count). The first-order valence-corrected chi connectivity index (χ1v) is 16.3. The molecule has 0 aliphatic heterocycles. The second-order valence-corrected chi connectivity index (χ2v) is 12.7. The Labute approximate surface area is 263 Å². The lowest BCUT2D eigenvalue weighted by Gasteiger charge is -2.34. The van der Waals surface area contributed by atoms with Crippen molar-refractivity contribution in [2.45, 2.75) is 38.8 Å². The average Bonchev–Trinajstić information content (AvgIpc) is 2.98. The number of carbonyl (C=O) groups excluding carboxylic acids is 2. The van der Waals surface area contributed by atoms with E-state index in [2.05, 4.69) is 5.32 Å². The molecule has 3 aromatic rings. The number of methoxy groups -OCH3 is 2. The van der Waals surface area contributed by atoms with Crippen molar-refractivity contribution in [3.63, 3.8) is 0 Å². The zero-order valence-corrected chi connectivity index (χ0v) is 27.0. The van der Waals surface area contributed by atoms with E-state index in [1.165, 1.54) is 31.3 Å². The highest BCUT2D eigenvalue weighted by Crippen LogP contribution is 2.34. The van der Waals surface area contributed by atoms with Gasteiger partial charge >= 0.3 is 0 Å². The Morgan fingerprint density at radius 1 is 0.977 bits per heavy atom. The SMILES string of the molecule is CCCCNC(=O)C(Cc1ccccc1)N(Cc1ccc(Cl)cc1Cl)C(=O)CN(c1ccc(OC)cc1OC)S(C)(=O)=O. The van der Waals surface area contributed by atoms with Crippen LogP contribution < -0.4 is 19.1 Å². The van der Waals surface area contributed by atoms with E-state index in [4.69, 9.17) is 32.7 Å². The molecule has 0 aliphatic rings. The van der Waals surface area contributed by atoms with E-state index < -0.39 is 28.5 Å². The van der Waals surface area contributed by atoms with Gasteiger partial charge in [-0.25, -0.2) is 8.42 Å². The summed E-state index contributed by atoms with van der Waals surface area (Å²) in [6, 6.07) is 17.8. The van der Waals surface area contributed by atoms with Crippen LogP contribution in [0.2, 0.25) is 10.0 Å². The fourth-order valence-electron chi connectivity index (χ4n) is 4.48. The highest BCUT2D eigenvalue weighted by molar-refractivity contribution is 7.92. The third-order valence-electron chi connectivity index (χ3n) is 6.79. The molecule has 43 heavy (non-hydrogen) atoms. The Kier molecular flexibility index (Phi) is 12.5. The predicted molar refractivity (Wildman–Crippen MR) is 171 cm³/mol. The number of hydrogen-bond donors (Lipinski definition) is 1. The summed E-state index contributed by atoms with van der Waals surface area (Å²) in [6.07, 6.45) is 2.84. The van der Waals surface area contributed by atoms with Gasteiger partial charge in [0.1, 0.15) is 24.1 Å². The summed E-state index contributed by atoms with van der Waals surface area (Å²) in [5.41, 5.74) is 1.53. The largest absolute Gasteiger partial charge is 0.497 e. The number of carbonyl (C=O) groups is 2. The lowest BCUT2D eigenvalue weighted by Crippen LogP contribution is -2.53. The van der Waals surface area contributed by atoms with Crippen LogP contribution in [0.1, 0.15) is 30.9 Å². The van der Waals surface area contributed by atoms with E-state index in [0.29, 0.717) is 27.9 Å². The molecular weight excluding hydrogens is 613 g/mol. The minimum absolute atomic E-state index is 0.0646. The van der Waals surface area contributed by atoms with Gasteiger partial charge in [0.25, 0.3) is 0 Å². The Hall–Kier alpha value is -3.47. The number of hydrogen-bond acceptors (Lipinski definition) is 6. The molecular formula is C31H37Cl2N3O6S. The van der Waals surface area contributed by atoms with E-state index in [-0.39, 0.29) is 30.3 Å². The van der Waals surface area contributed by atoms with Crippen molar-refractivity contribution in [2.24, 2.45) is 0 Å². The Morgan fingerprint density at radius 3 is 2.30 bits per heavy atom. The quantitative estimate of drug-likeness (QED) is 0.223. The Bertz CT molecular complexity index is 1500. The van der Waals surface area contributed by atoms with Gasteiger partial charge in [0.2, 0.25) is 21.8 Å². The number of halogens is 2. The number of ether oxygens (including phenoxy) is 2. The number of sulfonamides is 1. The highest BCUT2D eigenvalue weighted by atomic mass is 35.5. The van der Waals surface area contributed by atoms with Crippen LogP contribution in [-0.2, 0) is 32.6 Å². The van der Waals surface area contributed by atoms with Crippen LogP contribution in [0.15, 0.2) is 66.7 Å². The van der Waals surface area contributed by atoms with Crippen LogP contribution in [0, 0.1) is 0 Å². The lowest BCUT2D eigenvalue weighted by atomic mass is 10.0. The molecule has 9 nitrogen and oxygen atoms in total. The first kappa shape index (κ1) is 34.0. The molecule has 0 aromatic heterocycles. The molecule has 1 unspecified atom stereocenters. The fraction of sp³-hybridized carbons (Fsp3) is 0.355. The van der Waals surface area contributed by atoms with Gasteiger partial charge in [-0.15, -0.1) is 0 Å². The third-order valence-corrected chi connectivity index (χ3v) is 8.50. The Morgan fingerprint density at radius 2 is 1.70 bits per heavy atom. The zero-order valence-electron chi connectivity index (χ0n) is 24.7. The first-order valence-electron chi connectivity index (χ1n) is 13.7. The van der Waals surface area contributed by atoms with Crippen LogP contribution in [0.25, 0.3) is 0 Å². The summed E-state index contributed by atoms with van der Waals surface area (Å²) >= 11 is 12.6. The summed E-state index contributed by atoms with van der Waals surface area (Å²) in [5.74, 6) is -0.321. The molecule has 0 fully saturated rings. The normalized spacial score (nSPS) is 11.9. The maximum absolute atomic E-state index is 14.3. The van der Waals surface area contributed by atoms with Gasteiger partial charge in [0.05, 0.1) is 26.2 Å². The lowest BCUT2D eigenvalue weighted by molar-refractivity contribution is -0.140. The molecule has 0 aliphatic carbocycles. The molecule has 1 atom stereocenters. The monoisotopic (exact) mass is 649 g/mol. The molecule has 232 valence electrons. The van der Waals surface area contributed by atoms with Crippen molar-refractivity contribution >= 4 is 50.7 Å². The van der Waals surface area contributed by atoms with E-state index in [1.54, 1.807) is 24.3 Å². The topological polar surface area (TPSA) is 105 Å². The Balaban J connectivity index is 2.10. The third kappa shape index (κ3) is 9.51. The van der Waals surface area contributed by atoms with Crippen molar-refractivity contribution in [2.75, 3.05) is 37.9 Å². The second kappa shape index (κ2) is 15.8. The van der Waals surface area contributed by atoms with Gasteiger partial charge in [-0.05, 0) is 41.8 Å². The molecule has 0 bridgehead atoms. The van der Waals surface area contributed by atoms with Crippen molar-refractivity contribution in [1.29, 1.82) is 0 Å². The highest BCUT2D eigenvalue weighted by Gasteiger charge is 2.34. The summed E-state index contributed by atoms with van der Waals surface area (Å²) < 4.78 is 37.8. The summed E-state index contributed by atoms with van der Waals surface area (Å²) in [5, 5.41) is 3.67. The van der Waals surface area contributed by atoms with E-state index in [1.807, 2.05) is 37.3 Å². The number of nitrogens with zero attached hydrogens (tertiary/aromatic N) is 2. The molecule has 0 saturated heterocycles. The molecule has 0 heterocycles. The van der Waals surface area contributed by atoms with Crippen molar-refractivity contribution in [3.05, 3.63) is 87.9 Å². The number of rotatable bonds is 15. The number of anilines is 1. The molecule has 3 aromatic carbocycles. The second-order valence-electron chi connectivity index (χ2n) is 9.91. The molecule has 2 amide bonds. The maximum atomic E-state index is 14.3.